The van der Waals surface area contributed by atoms with Gasteiger partial charge in [-0.3, -0.25) is 14.4 Å². The lowest BCUT2D eigenvalue weighted by atomic mass is 9.93. The number of ketones is 1. The van der Waals surface area contributed by atoms with Crippen molar-refractivity contribution in [1.82, 2.24) is 4.90 Å². The first-order valence-electron chi connectivity index (χ1n) is 9.58. The first kappa shape index (κ1) is 19.4. The smallest absolute Gasteiger partial charge is 0.263 e. The Morgan fingerprint density at radius 2 is 1.90 bits per heavy atom. The molecule has 0 unspecified atom stereocenters. The third-order valence-corrected chi connectivity index (χ3v) is 6.13. The molecule has 0 aliphatic carbocycles. The molecule has 0 spiro atoms. The highest BCUT2D eigenvalue weighted by Gasteiger charge is 2.26. The predicted molar refractivity (Wildman–Crippen MR) is 109 cm³/mol. The fourth-order valence-corrected chi connectivity index (χ4v) is 4.39. The van der Waals surface area contributed by atoms with Crippen LogP contribution in [0.4, 0.5) is 5.69 Å². The summed E-state index contributed by atoms with van der Waals surface area (Å²) in [5.74, 6) is 1.00. The van der Waals surface area contributed by atoms with Crippen LogP contribution >= 0.6 is 11.3 Å². The zero-order chi connectivity index (χ0) is 20.4. The number of Topliss-reactive ketones (excluding diaryl/α,β-unsaturated/α-hetero) is 1. The zero-order valence-corrected chi connectivity index (χ0v) is 16.9. The Morgan fingerprint density at radius 3 is 2.55 bits per heavy atom. The van der Waals surface area contributed by atoms with E-state index in [-0.39, 0.29) is 30.3 Å². The van der Waals surface area contributed by atoms with Crippen molar-refractivity contribution in [2.24, 2.45) is 5.92 Å². The van der Waals surface area contributed by atoms with E-state index < -0.39 is 0 Å². The van der Waals surface area contributed by atoms with Crippen LogP contribution in [0.15, 0.2) is 29.6 Å². The van der Waals surface area contributed by atoms with Crippen LogP contribution < -0.4 is 14.8 Å². The van der Waals surface area contributed by atoms with E-state index in [2.05, 4.69) is 5.32 Å². The van der Waals surface area contributed by atoms with Crippen molar-refractivity contribution in [3.63, 3.8) is 0 Å². The van der Waals surface area contributed by atoms with E-state index in [1.54, 1.807) is 12.1 Å². The number of ether oxygens (including phenoxy) is 2. The van der Waals surface area contributed by atoms with Crippen molar-refractivity contribution in [1.29, 1.82) is 0 Å². The van der Waals surface area contributed by atoms with Gasteiger partial charge in [-0.15, -0.1) is 11.3 Å². The molecule has 3 heterocycles. The van der Waals surface area contributed by atoms with Crippen LogP contribution in [0.2, 0.25) is 0 Å². The number of hydrogen-bond acceptors (Lipinski definition) is 6. The SMILES string of the molecule is CC(=O)c1cc2c(cc1NC(=O)CC1CCN(C(=O)c3cccs3)CC1)OCO2. The fraction of sp³-hybridized carbons (Fsp3) is 0.381. The number of piperidine rings is 1. The van der Waals surface area contributed by atoms with Crippen molar-refractivity contribution in [2.75, 3.05) is 25.2 Å². The molecular weight excluding hydrogens is 392 g/mol. The minimum atomic E-state index is -0.154. The molecule has 2 aliphatic rings. The molecule has 152 valence electrons. The van der Waals surface area contributed by atoms with Crippen LogP contribution in [0.1, 0.15) is 46.2 Å². The van der Waals surface area contributed by atoms with E-state index in [1.165, 1.54) is 18.3 Å². The van der Waals surface area contributed by atoms with Gasteiger partial charge in [0.05, 0.1) is 10.6 Å². The third kappa shape index (κ3) is 4.27. The molecule has 1 aromatic heterocycles. The maximum absolute atomic E-state index is 12.6. The summed E-state index contributed by atoms with van der Waals surface area (Å²) in [5, 5.41) is 4.75. The standard InChI is InChI=1S/C21H22N2O5S/c1-13(24)15-10-17-18(28-12-27-17)11-16(15)22-20(25)9-14-4-6-23(7-5-14)21(26)19-3-2-8-29-19/h2-3,8,10-11,14H,4-7,9,12H2,1H3,(H,22,25). The molecule has 29 heavy (non-hydrogen) atoms. The summed E-state index contributed by atoms with van der Waals surface area (Å²) in [6.45, 7) is 2.86. The zero-order valence-electron chi connectivity index (χ0n) is 16.1. The summed E-state index contributed by atoms with van der Waals surface area (Å²) in [5.41, 5.74) is 0.844. The van der Waals surface area contributed by atoms with Crippen molar-refractivity contribution >= 4 is 34.6 Å². The Kier molecular flexibility index (Phi) is 5.53. The summed E-state index contributed by atoms with van der Waals surface area (Å²) in [4.78, 5) is 39.6. The van der Waals surface area contributed by atoms with Gasteiger partial charge in [-0.25, -0.2) is 0 Å². The Morgan fingerprint density at radius 1 is 1.17 bits per heavy atom. The molecule has 7 nitrogen and oxygen atoms in total. The summed E-state index contributed by atoms with van der Waals surface area (Å²) in [6, 6.07) is 6.96. The van der Waals surface area contributed by atoms with Gasteiger partial charge in [0.25, 0.3) is 5.91 Å². The second-order valence-electron chi connectivity index (χ2n) is 7.27. The van der Waals surface area contributed by atoms with Crippen LogP contribution in [0.5, 0.6) is 11.5 Å². The van der Waals surface area contributed by atoms with E-state index >= 15 is 0 Å². The molecule has 0 bridgehead atoms. The summed E-state index contributed by atoms with van der Waals surface area (Å²) >= 11 is 1.45. The normalized spacial score (nSPS) is 16.0. The van der Waals surface area contributed by atoms with Gasteiger partial charge in [-0.1, -0.05) is 6.07 Å². The molecule has 1 N–H and O–H groups in total. The lowest BCUT2D eigenvalue weighted by molar-refractivity contribution is -0.117. The maximum Gasteiger partial charge on any atom is 0.263 e. The minimum absolute atomic E-state index is 0.0642. The van der Waals surface area contributed by atoms with E-state index in [9.17, 15) is 14.4 Å². The Hall–Kier alpha value is -2.87. The Labute approximate surface area is 172 Å². The molecule has 2 aliphatic heterocycles. The highest BCUT2D eigenvalue weighted by molar-refractivity contribution is 7.12. The molecule has 1 fully saturated rings. The predicted octanol–water partition coefficient (Wildman–Crippen LogP) is 3.56. The quantitative estimate of drug-likeness (QED) is 0.756. The summed E-state index contributed by atoms with van der Waals surface area (Å²) in [7, 11) is 0. The molecule has 2 amide bonds. The van der Waals surface area contributed by atoms with Gasteiger partial charge in [0, 0.05) is 31.1 Å². The molecule has 0 atom stereocenters. The second kappa shape index (κ2) is 8.24. The van der Waals surface area contributed by atoms with Gasteiger partial charge in [-0.2, -0.15) is 0 Å². The number of likely N-dealkylation sites (tertiary alicyclic amines) is 1. The summed E-state index contributed by atoms with van der Waals surface area (Å²) in [6.07, 6.45) is 1.92. The molecule has 1 saturated heterocycles. The van der Waals surface area contributed by atoms with E-state index in [0.29, 0.717) is 42.3 Å². The lowest BCUT2D eigenvalue weighted by Crippen LogP contribution is -2.38. The first-order valence-corrected chi connectivity index (χ1v) is 10.5. The van der Waals surface area contributed by atoms with E-state index in [4.69, 9.17) is 9.47 Å². The number of fused-ring (bicyclic) bond motifs is 1. The van der Waals surface area contributed by atoms with Crippen molar-refractivity contribution in [2.45, 2.75) is 26.2 Å². The van der Waals surface area contributed by atoms with Crippen LogP contribution in [-0.4, -0.2) is 42.4 Å². The highest BCUT2D eigenvalue weighted by atomic mass is 32.1. The van der Waals surface area contributed by atoms with E-state index in [1.807, 2.05) is 22.4 Å². The molecular formula is C21H22N2O5S. The Balaban J connectivity index is 1.34. The van der Waals surface area contributed by atoms with Gasteiger partial charge < -0.3 is 19.7 Å². The summed E-state index contributed by atoms with van der Waals surface area (Å²) < 4.78 is 10.7. The van der Waals surface area contributed by atoms with Crippen LogP contribution in [0.3, 0.4) is 0 Å². The second-order valence-corrected chi connectivity index (χ2v) is 8.22. The fourth-order valence-electron chi connectivity index (χ4n) is 3.70. The number of rotatable bonds is 5. The van der Waals surface area contributed by atoms with Crippen molar-refractivity contribution in [3.8, 4) is 11.5 Å². The first-order chi connectivity index (χ1) is 14.0. The minimum Gasteiger partial charge on any atom is -0.454 e. The largest absolute Gasteiger partial charge is 0.454 e. The topological polar surface area (TPSA) is 84.9 Å². The van der Waals surface area contributed by atoms with Crippen molar-refractivity contribution in [3.05, 3.63) is 40.1 Å². The monoisotopic (exact) mass is 414 g/mol. The number of thiophene rings is 1. The molecule has 1 aromatic carbocycles. The number of carbonyl (C=O) groups is 3. The van der Waals surface area contributed by atoms with Gasteiger partial charge in [0.2, 0.25) is 12.7 Å². The number of anilines is 1. The van der Waals surface area contributed by atoms with Gasteiger partial charge in [0.15, 0.2) is 17.3 Å². The number of hydrogen-bond donors (Lipinski definition) is 1. The van der Waals surface area contributed by atoms with Gasteiger partial charge >= 0.3 is 0 Å². The number of carbonyl (C=O) groups excluding carboxylic acids is 3. The lowest BCUT2D eigenvalue weighted by Gasteiger charge is -2.31. The average Bonchev–Trinajstić information content (AvgIpc) is 3.39. The number of nitrogens with zero attached hydrogens (tertiary/aromatic N) is 1. The van der Waals surface area contributed by atoms with E-state index in [0.717, 1.165) is 17.7 Å². The Bertz CT molecular complexity index is 933. The number of amides is 2. The van der Waals surface area contributed by atoms with Gasteiger partial charge in [0.1, 0.15) is 0 Å². The van der Waals surface area contributed by atoms with Crippen LogP contribution in [0.25, 0.3) is 0 Å². The number of benzene rings is 1. The highest BCUT2D eigenvalue weighted by Crippen LogP contribution is 2.37. The van der Waals surface area contributed by atoms with Crippen LogP contribution in [-0.2, 0) is 4.79 Å². The van der Waals surface area contributed by atoms with Crippen LogP contribution in [0, 0.1) is 5.92 Å². The molecule has 0 radical (unpaired) electrons. The molecule has 2 aromatic rings. The molecule has 0 saturated carbocycles. The number of nitrogens with one attached hydrogen (secondary N) is 1. The maximum atomic E-state index is 12.6. The average molecular weight is 414 g/mol. The molecule has 4 rings (SSSR count). The molecule has 8 heteroatoms. The van der Waals surface area contributed by atoms with Gasteiger partial charge in [-0.05, 0) is 43.2 Å². The third-order valence-electron chi connectivity index (χ3n) is 5.27. The van der Waals surface area contributed by atoms with Crippen molar-refractivity contribution < 1.29 is 23.9 Å².